The van der Waals surface area contributed by atoms with Gasteiger partial charge in [0.25, 0.3) is 0 Å². The van der Waals surface area contributed by atoms with Crippen molar-refractivity contribution in [1.82, 2.24) is 14.6 Å². The first-order valence-electron chi connectivity index (χ1n) is 6.41. The first-order chi connectivity index (χ1) is 8.36. The molecule has 3 rings (SSSR count). The van der Waals surface area contributed by atoms with Crippen molar-refractivity contribution in [2.24, 2.45) is 5.92 Å². The standard InChI is InChI=1S/C13H18N4/c1-2-11(9-10-3-4-10)16-13-12-5-6-15-17(12)8-7-14-13/h5-8,10-11H,2-4,9H2,1H3,(H,14,16). The van der Waals surface area contributed by atoms with Gasteiger partial charge in [0.1, 0.15) is 5.52 Å². The van der Waals surface area contributed by atoms with Crippen LogP contribution in [-0.4, -0.2) is 20.6 Å². The number of rotatable bonds is 5. The van der Waals surface area contributed by atoms with E-state index in [-0.39, 0.29) is 0 Å². The third-order valence-electron chi connectivity index (χ3n) is 3.47. The fourth-order valence-corrected chi connectivity index (χ4v) is 2.25. The zero-order valence-electron chi connectivity index (χ0n) is 10.1. The summed E-state index contributed by atoms with van der Waals surface area (Å²) in [5.74, 6) is 1.90. The Hall–Kier alpha value is -1.58. The minimum atomic E-state index is 0.538. The van der Waals surface area contributed by atoms with E-state index in [0.29, 0.717) is 6.04 Å². The number of hydrogen-bond acceptors (Lipinski definition) is 3. The van der Waals surface area contributed by atoms with E-state index in [4.69, 9.17) is 0 Å². The smallest absolute Gasteiger partial charge is 0.152 e. The topological polar surface area (TPSA) is 42.2 Å². The van der Waals surface area contributed by atoms with E-state index in [9.17, 15) is 0 Å². The van der Waals surface area contributed by atoms with Gasteiger partial charge in [0.15, 0.2) is 5.82 Å². The highest BCUT2D eigenvalue weighted by molar-refractivity contribution is 5.67. The van der Waals surface area contributed by atoms with Crippen molar-refractivity contribution in [3.63, 3.8) is 0 Å². The van der Waals surface area contributed by atoms with Crippen LogP contribution >= 0.6 is 0 Å². The predicted molar refractivity (Wildman–Crippen MR) is 68.0 cm³/mol. The highest BCUT2D eigenvalue weighted by Gasteiger charge is 2.25. The summed E-state index contributed by atoms with van der Waals surface area (Å²) in [6, 6.07) is 2.54. The number of nitrogens with one attached hydrogen (secondary N) is 1. The summed E-state index contributed by atoms with van der Waals surface area (Å²) in [6.07, 6.45) is 10.7. The van der Waals surface area contributed by atoms with Gasteiger partial charge in [-0.1, -0.05) is 19.8 Å². The summed E-state index contributed by atoms with van der Waals surface area (Å²) in [5.41, 5.74) is 1.06. The molecule has 2 aromatic rings. The second-order valence-corrected chi connectivity index (χ2v) is 4.87. The molecular formula is C13H18N4. The van der Waals surface area contributed by atoms with E-state index in [0.717, 1.165) is 23.7 Å². The first kappa shape index (κ1) is 10.6. The number of hydrogen-bond donors (Lipinski definition) is 1. The summed E-state index contributed by atoms with van der Waals surface area (Å²) in [7, 11) is 0. The van der Waals surface area contributed by atoms with Crippen LogP contribution in [0.2, 0.25) is 0 Å². The molecule has 1 unspecified atom stereocenters. The molecule has 0 radical (unpaired) electrons. The Balaban J connectivity index is 1.79. The van der Waals surface area contributed by atoms with Gasteiger partial charge in [-0.05, 0) is 24.8 Å². The predicted octanol–water partition coefficient (Wildman–Crippen LogP) is 2.72. The molecule has 1 aliphatic carbocycles. The second kappa shape index (κ2) is 4.35. The maximum atomic E-state index is 4.42. The molecule has 17 heavy (non-hydrogen) atoms. The summed E-state index contributed by atoms with van der Waals surface area (Å²) in [6.45, 7) is 2.23. The highest BCUT2D eigenvalue weighted by atomic mass is 15.2. The lowest BCUT2D eigenvalue weighted by Gasteiger charge is -2.17. The number of aromatic nitrogens is 3. The molecule has 2 aromatic heterocycles. The van der Waals surface area contributed by atoms with E-state index in [1.54, 1.807) is 6.20 Å². The molecular weight excluding hydrogens is 212 g/mol. The zero-order valence-corrected chi connectivity index (χ0v) is 10.1. The van der Waals surface area contributed by atoms with E-state index in [1.165, 1.54) is 19.3 Å². The number of anilines is 1. The Morgan fingerprint density at radius 1 is 1.47 bits per heavy atom. The van der Waals surface area contributed by atoms with Crippen LogP contribution in [0.5, 0.6) is 0 Å². The molecule has 90 valence electrons. The lowest BCUT2D eigenvalue weighted by atomic mass is 10.1. The molecule has 0 spiro atoms. The van der Waals surface area contributed by atoms with Crippen molar-refractivity contribution in [2.75, 3.05) is 5.32 Å². The van der Waals surface area contributed by atoms with Gasteiger partial charge in [-0.15, -0.1) is 0 Å². The molecule has 0 aromatic carbocycles. The van der Waals surface area contributed by atoms with Gasteiger partial charge in [0.2, 0.25) is 0 Å². The van der Waals surface area contributed by atoms with Gasteiger partial charge in [-0.3, -0.25) is 0 Å². The van der Waals surface area contributed by atoms with Crippen molar-refractivity contribution in [2.45, 2.75) is 38.6 Å². The maximum Gasteiger partial charge on any atom is 0.152 e. The molecule has 0 saturated heterocycles. The molecule has 1 saturated carbocycles. The first-order valence-corrected chi connectivity index (χ1v) is 6.41. The Bertz CT molecular complexity index is 501. The normalized spacial score (nSPS) is 17.2. The third-order valence-corrected chi connectivity index (χ3v) is 3.47. The molecule has 1 atom stereocenters. The van der Waals surface area contributed by atoms with Gasteiger partial charge in [-0.2, -0.15) is 5.10 Å². The molecule has 0 aliphatic heterocycles. The van der Waals surface area contributed by atoms with Crippen molar-refractivity contribution < 1.29 is 0 Å². The van der Waals surface area contributed by atoms with E-state index in [1.807, 2.05) is 23.0 Å². The van der Waals surface area contributed by atoms with Crippen molar-refractivity contribution in [1.29, 1.82) is 0 Å². The Labute approximate surface area is 101 Å². The van der Waals surface area contributed by atoms with Crippen LogP contribution in [0, 0.1) is 5.92 Å². The van der Waals surface area contributed by atoms with E-state index in [2.05, 4.69) is 22.3 Å². The van der Waals surface area contributed by atoms with Crippen LogP contribution in [0.1, 0.15) is 32.6 Å². The summed E-state index contributed by atoms with van der Waals surface area (Å²) in [5, 5.41) is 7.78. The number of nitrogens with zero attached hydrogens (tertiary/aromatic N) is 3. The molecule has 1 N–H and O–H groups in total. The molecule has 0 bridgehead atoms. The van der Waals surface area contributed by atoms with Crippen LogP contribution in [0.4, 0.5) is 5.82 Å². The third kappa shape index (κ3) is 2.25. The highest BCUT2D eigenvalue weighted by Crippen LogP contribution is 2.34. The van der Waals surface area contributed by atoms with Crippen LogP contribution in [0.15, 0.2) is 24.7 Å². The van der Waals surface area contributed by atoms with Crippen LogP contribution in [0.25, 0.3) is 5.52 Å². The largest absolute Gasteiger partial charge is 0.366 e. The van der Waals surface area contributed by atoms with E-state index >= 15 is 0 Å². The van der Waals surface area contributed by atoms with Crippen LogP contribution < -0.4 is 5.32 Å². The van der Waals surface area contributed by atoms with Gasteiger partial charge >= 0.3 is 0 Å². The number of fused-ring (bicyclic) bond motifs is 1. The Kier molecular flexibility index (Phi) is 2.71. The van der Waals surface area contributed by atoms with Gasteiger partial charge in [0.05, 0.1) is 6.20 Å². The molecule has 0 amide bonds. The minimum Gasteiger partial charge on any atom is -0.366 e. The van der Waals surface area contributed by atoms with Gasteiger partial charge < -0.3 is 5.32 Å². The fourth-order valence-electron chi connectivity index (χ4n) is 2.25. The Morgan fingerprint density at radius 2 is 2.35 bits per heavy atom. The average molecular weight is 230 g/mol. The molecule has 2 heterocycles. The van der Waals surface area contributed by atoms with Gasteiger partial charge in [-0.25, -0.2) is 9.50 Å². The SMILES string of the molecule is CCC(CC1CC1)Nc1nccn2nccc12. The zero-order chi connectivity index (χ0) is 11.7. The van der Waals surface area contributed by atoms with Crippen molar-refractivity contribution >= 4 is 11.3 Å². The van der Waals surface area contributed by atoms with Crippen molar-refractivity contribution in [3.05, 3.63) is 24.7 Å². The van der Waals surface area contributed by atoms with E-state index < -0.39 is 0 Å². The minimum absolute atomic E-state index is 0.538. The van der Waals surface area contributed by atoms with Gasteiger partial charge in [0, 0.05) is 18.4 Å². The lowest BCUT2D eigenvalue weighted by Crippen LogP contribution is -2.20. The van der Waals surface area contributed by atoms with Crippen LogP contribution in [-0.2, 0) is 0 Å². The molecule has 4 heteroatoms. The van der Waals surface area contributed by atoms with Crippen molar-refractivity contribution in [3.8, 4) is 0 Å². The quantitative estimate of drug-likeness (QED) is 0.858. The van der Waals surface area contributed by atoms with Crippen LogP contribution in [0.3, 0.4) is 0 Å². The average Bonchev–Trinajstić information content (AvgIpc) is 3.03. The Morgan fingerprint density at radius 3 is 3.12 bits per heavy atom. The fraction of sp³-hybridized carbons (Fsp3) is 0.538. The second-order valence-electron chi connectivity index (χ2n) is 4.87. The lowest BCUT2D eigenvalue weighted by molar-refractivity contribution is 0.585. The monoisotopic (exact) mass is 230 g/mol. The molecule has 1 fully saturated rings. The summed E-state index contributed by atoms with van der Waals surface area (Å²) < 4.78 is 1.86. The maximum absolute atomic E-state index is 4.42. The molecule has 1 aliphatic rings. The summed E-state index contributed by atoms with van der Waals surface area (Å²) in [4.78, 5) is 4.42. The molecule has 4 nitrogen and oxygen atoms in total. The summed E-state index contributed by atoms with van der Waals surface area (Å²) >= 11 is 0.